The lowest BCUT2D eigenvalue weighted by atomic mass is 10.1. The number of nitrogens with one attached hydrogen (secondary N) is 2. The first-order chi connectivity index (χ1) is 15.9. The number of nitrogens with zero attached hydrogens (tertiary/aromatic N) is 1. The fraction of sp³-hybridized carbons (Fsp3) is 0.120. The molecule has 8 heteroatoms. The summed E-state index contributed by atoms with van der Waals surface area (Å²) >= 11 is 6.27. The molecule has 0 saturated heterocycles. The average molecular weight is 478 g/mol. The smallest absolute Gasteiger partial charge is 0.263 e. The van der Waals surface area contributed by atoms with Crippen LogP contribution in [0.1, 0.15) is 17.9 Å². The SMILES string of the molecule is O=C(Nc1ccc2cccc(Cl)c2c1)[C@@H]1CC1c1ccc(S(=O)(=O)Nc2ccccn2)cc1. The first kappa shape index (κ1) is 21.4. The summed E-state index contributed by atoms with van der Waals surface area (Å²) in [6.07, 6.45) is 2.24. The minimum absolute atomic E-state index is 0.0556. The van der Waals surface area contributed by atoms with Crippen molar-refractivity contribution in [3.8, 4) is 0 Å². The highest BCUT2D eigenvalue weighted by atomic mass is 35.5. The van der Waals surface area contributed by atoms with Gasteiger partial charge in [0.25, 0.3) is 10.0 Å². The van der Waals surface area contributed by atoms with Crippen LogP contribution in [-0.2, 0) is 14.8 Å². The molecule has 0 spiro atoms. The van der Waals surface area contributed by atoms with Gasteiger partial charge in [0.2, 0.25) is 5.91 Å². The van der Waals surface area contributed by atoms with Gasteiger partial charge in [-0.1, -0.05) is 48.0 Å². The van der Waals surface area contributed by atoms with Crippen LogP contribution in [0.25, 0.3) is 10.8 Å². The number of halogens is 1. The first-order valence-electron chi connectivity index (χ1n) is 10.4. The minimum atomic E-state index is -3.73. The van der Waals surface area contributed by atoms with Gasteiger partial charge in [-0.3, -0.25) is 9.52 Å². The van der Waals surface area contributed by atoms with E-state index in [1.165, 1.54) is 6.20 Å². The number of amides is 1. The number of carbonyl (C=O) groups excluding carboxylic acids is 1. The van der Waals surface area contributed by atoms with Crippen molar-refractivity contribution in [1.82, 2.24) is 4.98 Å². The molecule has 4 aromatic rings. The lowest BCUT2D eigenvalue weighted by Crippen LogP contribution is -2.15. The van der Waals surface area contributed by atoms with E-state index >= 15 is 0 Å². The zero-order chi connectivity index (χ0) is 23.0. The minimum Gasteiger partial charge on any atom is -0.326 e. The standard InChI is InChI=1S/C25H20ClN3O3S/c26-23-5-3-4-16-7-10-18(14-21(16)23)28-25(30)22-15-20(22)17-8-11-19(12-9-17)33(31,32)29-24-6-1-2-13-27-24/h1-14,20,22H,15H2,(H,27,29)(H,28,30)/t20?,22-/m1/s1. The Balaban J connectivity index is 1.25. The third kappa shape index (κ3) is 4.55. The van der Waals surface area contributed by atoms with Crippen LogP contribution in [0.4, 0.5) is 11.5 Å². The number of anilines is 2. The number of fused-ring (bicyclic) bond motifs is 1. The number of benzene rings is 3. The van der Waals surface area contributed by atoms with Crippen molar-refractivity contribution >= 4 is 49.8 Å². The highest BCUT2D eigenvalue weighted by molar-refractivity contribution is 7.92. The largest absolute Gasteiger partial charge is 0.326 e. The molecule has 1 heterocycles. The molecule has 6 nitrogen and oxygen atoms in total. The van der Waals surface area contributed by atoms with E-state index in [-0.39, 0.29) is 28.5 Å². The van der Waals surface area contributed by atoms with Crippen molar-refractivity contribution in [2.24, 2.45) is 5.92 Å². The average Bonchev–Trinajstić information content (AvgIpc) is 3.61. The van der Waals surface area contributed by atoms with Crippen LogP contribution in [-0.4, -0.2) is 19.3 Å². The summed E-state index contributed by atoms with van der Waals surface area (Å²) in [5.74, 6) is 0.117. The third-order valence-electron chi connectivity index (χ3n) is 5.75. The van der Waals surface area contributed by atoms with Gasteiger partial charge in [0.1, 0.15) is 5.82 Å². The summed E-state index contributed by atoms with van der Waals surface area (Å²) < 4.78 is 27.6. The maximum Gasteiger partial charge on any atom is 0.263 e. The van der Waals surface area contributed by atoms with E-state index in [9.17, 15) is 13.2 Å². The first-order valence-corrected chi connectivity index (χ1v) is 12.3. The van der Waals surface area contributed by atoms with Crippen LogP contribution in [0, 0.1) is 5.92 Å². The van der Waals surface area contributed by atoms with Crippen LogP contribution in [0.5, 0.6) is 0 Å². The molecule has 166 valence electrons. The summed E-state index contributed by atoms with van der Waals surface area (Å²) in [7, 11) is -3.73. The van der Waals surface area contributed by atoms with E-state index in [0.29, 0.717) is 10.7 Å². The lowest BCUT2D eigenvalue weighted by molar-refractivity contribution is -0.117. The number of hydrogen-bond acceptors (Lipinski definition) is 4. The van der Waals surface area contributed by atoms with Crippen molar-refractivity contribution in [1.29, 1.82) is 0 Å². The molecule has 33 heavy (non-hydrogen) atoms. The number of aromatic nitrogens is 1. The van der Waals surface area contributed by atoms with Gasteiger partial charge in [0, 0.05) is 28.2 Å². The van der Waals surface area contributed by atoms with Gasteiger partial charge in [-0.05, 0) is 65.8 Å². The van der Waals surface area contributed by atoms with E-state index in [4.69, 9.17) is 11.6 Å². The normalized spacial score (nSPS) is 17.5. The van der Waals surface area contributed by atoms with Crippen LogP contribution < -0.4 is 10.0 Å². The van der Waals surface area contributed by atoms with Gasteiger partial charge in [0.05, 0.1) is 4.90 Å². The Morgan fingerprint density at radius 2 is 1.79 bits per heavy atom. The van der Waals surface area contributed by atoms with Gasteiger partial charge in [-0.2, -0.15) is 0 Å². The second-order valence-corrected chi connectivity index (χ2v) is 10.1. The molecule has 1 aliphatic carbocycles. The Morgan fingerprint density at radius 3 is 2.55 bits per heavy atom. The second-order valence-electron chi connectivity index (χ2n) is 8.00. The number of rotatable bonds is 6. The molecular formula is C25H20ClN3O3S. The highest BCUT2D eigenvalue weighted by Crippen LogP contribution is 2.48. The van der Waals surface area contributed by atoms with Crippen molar-refractivity contribution in [2.45, 2.75) is 17.2 Å². The van der Waals surface area contributed by atoms with Gasteiger partial charge >= 0.3 is 0 Å². The summed E-state index contributed by atoms with van der Waals surface area (Å²) in [6.45, 7) is 0. The Labute approximate surface area is 196 Å². The maximum atomic E-state index is 12.8. The van der Waals surface area contributed by atoms with E-state index in [1.807, 2.05) is 36.4 Å². The van der Waals surface area contributed by atoms with Crippen molar-refractivity contribution in [3.63, 3.8) is 0 Å². The van der Waals surface area contributed by atoms with Crippen LogP contribution in [0.15, 0.2) is 90.0 Å². The van der Waals surface area contributed by atoms with E-state index in [1.54, 1.807) is 42.5 Å². The highest BCUT2D eigenvalue weighted by Gasteiger charge is 2.44. The van der Waals surface area contributed by atoms with Gasteiger partial charge < -0.3 is 5.32 Å². The van der Waals surface area contributed by atoms with Crippen LogP contribution in [0.2, 0.25) is 5.02 Å². The molecule has 1 fully saturated rings. The molecule has 5 rings (SSSR count). The van der Waals surface area contributed by atoms with Gasteiger partial charge in [-0.15, -0.1) is 0 Å². The molecule has 2 atom stereocenters. The summed E-state index contributed by atoms with van der Waals surface area (Å²) in [5, 5.41) is 5.52. The molecule has 0 radical (unpaired) electrons. The lowest BCUT2D eigenvalue weighted by Gasteiger charge is -2.09. The summed E-state index contributed by atoms with van der Waals surface area (Å²) in [6, 6.07) is 23.0. The van der Waals surface area contributed by atoms with E-state index < -0.39 is 10.0 Å². The Kier molecular flexibility index (Phi) is 5.52. The molecule has 1 amide bonds. The quantitative estimate of drug-likeness (QED) is 0.387. The molecule has 1 aromatic heterocycles. The van der Waals surface area contributed by atoms with Crippen LogP contribution in [0.3, 0.4) is 0 Å². The molecule has 0 aliphatic heterocycles. The predicted molar refractivity (Wildman–Crippen MR) is 130 cm³/mol. The Morgan fingerprint density at radius 1 is 0.970 bits per heavy atom. The van der Waals surface area contributed by atoms with Crippen molar-refractivity contribution < 1.29 is 13.2 Å². The summed E-state index contributed by atoms with van der Waals surface area (Å²) in [5.41, 5.74) is 1.64. The predicted octanol–water partition coefficient (Wildman–Crippen LogP) is 5.43. The molecular weight excluding hydrogens is 458 g/mol. The second kappa shape index (κ2) is 8.50. The van der Waals surface area contributed by atoms with E-state index in [2.05, 4.69) is 15.0 Å². The maximum absolute atomic E-state index is 12.8. The number of sulfonamides is 1. The Bertz CT molecular complexity index is 1440. The van der Waals surface area contributed by atoms with Gasteiger partial charge in [-0.25, -0.2) is 13.4 Å². The number of carbonyl (C=O) groups is 1. The number of pyridine rings is 1. The zero-order valence-corrected chi connectivity index (χ0v) is 19.0. The van der Waals surface area contributed by atoms with Crippen LogP contribution >= 0.6 is 11.6 Å². The van der Waals surface area contributed by atoms with Gasteiger partial charge in [0.15, 0.2) is 0 Å². The summed E-state index contributed by atoms with van der Waals surface area (Å²) in [4.78, 5) is 16.9. The van der Waals surface area contributed by atoms with Crippen molar-refractivity contribution in [3.05, 3.63) is 95.6 Å². The molecule has 2 N–H and O–H groups in total. The zero-order valence-electron chi connectivity index (χ0n) is 17.4. The van der Waals surface area contributed by atoms with E-state index in [0.717, 1.165) is 22.8 Å². The molecule has 0 bridgehead atoms. The molecule has 1 aliphatic rings. The number of hydrogen-bond donors (Lipinski definition) is 2. The monoisotopic (exact) mass is 477 g/mol. The Hall–Kier alpha value is -3.42. The fourth-order valence-electron chi connectivity index (χ4n) is 3.91. The topological polar surface area (TPSA) is 88.2 Å². The fourth-order valence-corrected chi connectivity index (χ4v) is 5.16. The third-order valence-corrected chi connectivity index (χ3v) is 7.45. The van der Waals surface area contributed by atoms with Crippen molar-refractivity contribution in [2.75, 3.05) is 10.0 Å². The molecule has 3 aromatic carbocycles. The molecule has 1 saturated carbocycles. The molecule has 1 unspecified atom stereocenters.